The van der Waals surface area contributed by atoms with Crippen LogP contribution in [0, 0.1) is 0 Å². The van der Waals surface area contributed by atoms with Gasteiger partial charge < -0.3 is 20.3 Å². The highest BCUT2D eigenvalue weighted by Crippen LogP contribution is 2.44. The van der Waals surface area contributed by atoms with Crippen molar-refractivity contribution in [3.8, 4) is 11.5 Å². The molecule has 0 aliphatic heterocycles. The minimum atomic E-state index is -0.872. The zero-order valence-corrected chi connectivity index (χ0v) is 13.5. The molecule has 0 fully saturated rings. The van der Waals surface area contributed by atoms with E-state index < -0.39 is 12.0 Å². The Balaban J connectivity index is 3.34. The van der Waals surface area contributed by atoms with E-state index in [0.717, 1.165) is 11.1 Å². The Morgan fingerprint density at radius 3 is 2.43 bits per heavy atom. The summed E-state index contributed by atoms with van der Waals surface area (Å²) in [6.45, 7) is 4.00. The van der Waals surface area contributed by atoms with Gasteiger partial charge in [0, 0.05) is 12.5 Å². The Morgan fingerprint density at radius 1 is 1.38 bits per heavy atom. The average molecular weight is 316 g/mol. The molecule has 1 unspecified atom stereocenters. The van der Waals surface area contributed by atoms with Crippen LogP contribution in [-0.2, 0) is 4.79 Å². The van der Waals surface area contributed by atoms with E-state index >= 15 is 0 Å². The first-order valence-corrected chi connectivity index (χ1v) is 7.12. The molecule has 0 aliphatic rings. The van der Waals surface area contributed by atoms with Gasteiger partial charge >= 0.3 is 5.97 Å². The molecule has 0 aliphatic carbocycles. The van der Waals surface area contributed by atoms with E-state index in [0.29, 0.717) is 22.9 Å². The number of ether oxygens (including phenoxy) is 2. The van der Waals surface area contributed by atoms with Gasteiger partial charge in [-0.15, -0.1) is 0 Å². The highest BCUT2D eigenvalue weighted by atomic mass is 35.5. The summed E-state index contributed by atoms with van der Waals surface area (Å²) >= 11 is 6.42. The fourth-order valence-electron chi connectivity index (χ4n) is 2.31. The number of aliphatic carboxylic acids is 1. The van der Waals surface area contributed by atoms with Crippen LogP contribution >= 0.6 is 11.6 Å². The predicted molar refractivity (Wildman–Crippen MR) is 82.4 cm³/mol. The van der Waals surface area contributed by atoms with Gasteiger partial charge in [-0.25, -0.2) is 0 Å². The standard InChI is InChI=1S/C15H22ClNO4/c1-8(2)13-9(10(17)5-6-12(18)19)7-11(20-3)15(21-4)14(13)16/h7-8,10H,5-6,17H2,1-4H3,(H,18,19). The molecule has 21 heavy (non-hydrogen) atoms. The second-order valence-electron chi connectivity index (χ2n) is 5.12. The van der Waals surface area contributed by atoms with Crippen molar-refractivity contribution >= 4 is 17.6 Å². The normalized spacial score (nSPS) is 12.3. The lowest BCUT2D eigenvalue weighted by atomic mass is 9.90. The van der Waals surface area contributed by atoms with Crippen LogP contribution in [0.3, 0.4) is 0 Å². The Hall–Kier alpha value is -1.46. The first-order chi connectivity index (χ1) is 9.83. The van der Waals surface area contributed by atoms with Crippen LogP contribution in [-0.4, -0.2) is 25.3 Å². The number of halogens is 1. The highest BCUT2D eigenvalue weighted by Gasteiger charge is 2.23. The molecule has 1 rings (SSSR count). The van der Waals surface area contributed by atoms with Gasteiger partial charge in [-0.3, -0.25) is 4.79 Å². The molecule has 0 amide bonds. The maximum absolute atomic E-state index is 10.7. The number of carbonyl (C=O) groups is 1. The van der Waals surface area contributed by atoms with Crippen LogP contribution in [0.15, 0.2) is 6.07 Å². The molecule has 0 spiro atoms. The zero-order valence-electron chi connectivity index (χ0n) is 12.8. The number of carboxylic acid groups (broad SMARTS) is 1. The van der Waals surface area contributed by atoms with Crippen molar-refractivity contribution in [2.24, 2.45) is 5.73 Å². The maximum Gasteiger partial charge on any atom is 0.303 e. The van der Waals surface area contributed by atoms with Crippen molar-refractivity contribution in [3.63, 3.8) is 0 Å². The molecule has 5 nitrogen and oxygen atoms in total. The summed E-state index contributed by atoms with van der Waals surface area (Å²) < 4.78 is 10.6. The molecule has 0 radical (unpaired) electrons. The number of methoxy groups -OCH3 is 2. The first kappa shape index (κ1) is 17.6. The lowest BCUT2D eigenvalue weighted by Gasteiger charge is -2.23. The smallest absolute Gasteiger partial charge is 0.303 e. The lowest BCUT2D eigenvalue weighted by molar-refractivity contribution is -0.137. The van der Waals surface area contributed by atoms with Crippen LogP contribution in [0.25, 0.3) is 0 Å². The van der Waals surface area contributed by atoms with Crippen LogP contribution in [0.4, 0.5) is 0 Å². The largest absolute Gasteiger partial charge is 0.493 e. The Bertz CT molecular complexity index is 517. The number of benzene rings is 1. The molecule has 1 atom stereocenters. The van der Waals surface area contributed by atoms with E-state index in [1.54, 1.807) is 6.07 Å². The maximum atomic E-state index is 10.7. The quantitative estimate of drug-likeness (QED) is 0.806. The van der Waals surface area contributed by atoms with Gasteiger partial charge in [0.05, 0.1) is 19.2 Å². The second-order valence-corrected chi connectivity index (χ2v) is 5.50. The number of hydrogen-bond donors (Lipinski definition) is 2. The molecule has 118 valence electrons. The molecule has 0 saturated carbocycles. The molecular formula is C15H22ClNO4. The monoisotopic (exact) mass is 315 g/mol. The van der Waals surface area contributed by atoms with Crippen molar-refractivity contribution in [2.45, 2.75) is 38.6 Å². The van der Waals surface area contributed by atoms with Gasteiger partial charge in [-0.05, 0) is 29.5 Å². The van der Waals surface area contributed by atoms with Crippen molar-refractivity contribution < 1.29 is 19.4 Å². The van der Waals surface area contributed by atoms with Gasteiger partial charge in [0.15, 0.2) is 11.5 Å². The minimum absolute atomic E-state index is 0.00463. The summed E-state index contributed by atoms with van der Waals surface area (Å²) in [6, 6.07) is 1.36. The van der Waals surface area contributed by atoms with E-state index in [4.69, 9.17) is 31.9 Å². The Kier molecular flexibility index (Phi) is 6.30. The van der Waals surface area contributed by atoms with E-state index in [1.807, 2.05) is 13.8 Å². The van der Waals surface area contributed by atoms with Gasteiger partial charge in [0.2, 0.25) is 0 Å². The highest BCUT2D eigenvalue weighted by molar-refractivity contribution is 6.33. The van der Waals surface area contributed by atoms with E-state index in [-0.39, 0.29) is 12.3 Å². The summed E-state index contributed by atoms with van der Waals surface area (Å²) in [6.07, 6.45) is 0.339. The summed E-state index contributed by atoms with van der Waals surface area (Å²) in [5, 5.41) is 9.26. The minimum Gasteiger partial charge on any atom is -0.493 e. The van der Waals surface area contributed by atoms with Crippen LogP contribution in [0.1, 0.15) is 49.8 Å². The third-order valence-corrected chi connectivity index (χ3v) is 3.70. The van der Waals surface area contributed by atoms with Crippen molar-refractivity contribution in [2.75, 3.05) is 14.2 Å². The molecule has 3 N–H and O–H groups in total. The van der Waals surface area contributed by atoms with E-state index in [1.165, 1.54) is 14.2 Å². The van der Waals surface area contributed by atoms with E-state index in [2.05, 4.69) is 0 Å². The Morgan fingerprint density at radius 2 is 2.00 bits per heavy atom. The summed E-state index contributed by atoms with van der Waals surface area (Å²) in [4.78, 5) is 10.7. The lowest BCUT2D eigenvalue weighted by Crippen LogP contribution is -2.16. The molecule has 0 saturated heterocycles. The second kappa shape index (κ2) is 7.52. The first-order valence-electron chi connectivity index (χ1n) is 6.75. The number of hydrogen-bond acceptors (Lipinski definition) is 4. The topological polar surface area (TPSA) is 81.8 Å². The molecule has 0 bridgehead atoms. The molecule has 1 aromatic rings. The Labute approximate surface area is 130 Å². The summed E-state index contributed by atoms with van der Waals surface area (Å²) in [5.41, 5.74) is 7.82. The van der Waals surface area contributed by atoms with Gasteiger partial charge in [0.1, 0.15) is 0 Å². The van der Waals surface area contributed by atoms with Crippen molar-refractivity contribution in [1.29, 1.82) is 0 Å². The molecular weight excluding hydrogens is 294 g/mol. The SMILES string of the molecule is COc1cc(C(N)CCC(=O)O)c(C(C)C)c(Cl)c1OC. The molecule has 1 aromatic carbocycles. The average Bonchev–Trinajstić information content (AvgIpc) is 2.42. The van der Waals surface area contributed by atoms with E-state index in [9.17, 15) is 4.79 Å². The fourth-order valence-corrected chi connectivity index (χ4v) is 2.81. The van der Waals surface area contributed by atoms with Gasteiger partial charge in [-0.1, -0.05) is 25.4 Å². The van der Waals surface area contributed by atoms with Crippen LogP contribution < -0.4 is 15.2 Å². The number of nitrogens with two attached hydrogens (primary N) is 1. The van der Waals surface area contributed by atoms with Gasteiger partial charge in [0.25, 0.3) is 0 Å². The zero-order chi connectivity index (χ0) is 16.2. The summed E-state index contributed by atoms with van der Waals surface area (Å²) in [5.74, 6) is 0.219. The fraction of sp³-hybridized carbons (Fsp3) is 0.533. The van der Waals surface area contributed by atoms with Gasteiger partial charge in [-0.2, -0.15) is 0 Å². The summed E-state index contributed by atoms with van der Waals surface area (Å²) in [7, 11) is 3.05. The predicted octanol–water partition coefficient (Wildman–Crippen LogP) is 3.35. The molecule has 0 aromatic heterocycles. The van der Waals surface area contributed by atoms with Crippen LogP contribution in [0.5, 0.6) is 11.5 Å². The third-order valence-electron chi connectivity index (χ3n) is 3.33. The molecule has 0 heterocycles. The number of rotatable bonds is 7. The number of carboxylic acids is 1. The van der Waals surface area contributed by atoms with Crippen LogP contribution in [0.2, 0.25) is 5.02 Å². The molecule has 6 heteroatoms. The van der Waals surface area contributed by atoms with Crippen molar-refractivity contribution in [1.82, 2.24) is 0 Å². The third kappa shape index (κ3) is 4.02. The van der Waals surface area contributed by atoms with Crippen molar-refractivity contribution in [3.05, 3.63) is 22.2 Å².